The van der Waals surface area contributed by atoms with Crippen LogP contribution in [0.1, 0.15) is 31.7 Å². The number of carbonyl (C=O) groups excluding carboxylic acids is 1. The summed E-state index contributed by atoms with van der Waals surface area (Å²) in [6.07, 6.45) is 0. The molecule has 1 aromatic rings. The number of carbonyl (C=O) groups is 1. The number of thiophene rings is 1. The number of hydrogen-bond acceptors (Lipinski definition) is 4. The van der Waals surface area contributed by atoms with Crippen molar-refractivity contribution in [2.24, 2.45) is 4.99 Å². The van der Waals surface area contributed by atoms with Crippen LogP contribution in [0.2, 0.25) is 0 Å². The summed E-state index contributed by atoms with van der Waals surface area (Å²) in [5.74, 6) is 0.895. The fourth-order valence-electron chi connectivity index (χ4n) is 2.59. The molecule has 6 nitrogen and oxygen atoms in total. The van der Waals surface area contributed by atoms with Crippen LogP contribution in [0, 0.1) is 0 Å². The lowest BCUT2D eigenvalue weighted by Gasteiger charge is -2.27. The molecule has 1 unspecified atom stereocenters. The topological polar surface area (TPSA) is 51.2 Å². The summed E-state index contributed by atoms with van der Waals surface area (Å²) in [6.45, 7) is 9.27. The van der Waals surface area contributed by atoms with Crippen LogP contribution in [-0.2, 0) is 4.79 Å². The van der Waals surface area contributed by atoms with Crippen LogP contribution in [0.5, 0.6) is 0 Å². The van der Waals surface area contributed by atoms with Crippen LogP contribution in [0.4, 0.5) is 0 Å². The molecule has 0 aliphatic carbocycles. The van der Waals surface area contributed by atoms with Gasteiger partial charge in [-0.05, 0) is 46.3 Å². The van der Waals surface area contributed by atoms with Gasteiger partial charge in [0.05, 0.1) is 19.1 Å². The molecule has 7 heteroatoms. The van der Waals surface area contributed by atoms with Gasteiger partial charge < -0.3 is 20.0 Å². The molecule has 1 N–H and O–H groups in total. The Balaban J connectivity index is 2.82. The second-order valence-corrected chi connectivity index (χ2v) is 7.09. The van der Waals surface area contributed by atoms with Gasteiger partial charge in [0, 0.05) is 31.6 Å². The zero-order valence-corrected chi connectivity index (χ0v) is 17.3. The van der Waals surface area contributed by atoms with Gasteiger partial charge in [-0.2, -0.15) is 0 Å². The van der Waals surface area contributed by atoms with Crippen molar-refractivity contribution >= 4 is 23.2 Å². The Hall–Kier alpha value is -1.60. The van der Waals surface area contributed by atoms with Crippen LogP contribution >= 0.6 is 11.3 Å². The van der Waals surface area contributed by atoms with Crippen LogP contribution in [0.3, 0.4) is 0 Å². The Morgan fingerprint density at radius 3 is 2.40 bits per heavy atom. The van der Waals surface area contributed by atoms with E-state index in [4.69, 9.17) is 4.99 Å². The maximum Gasteiger partial charge on any atom is 0.242 e. The number of guanidine groups is 1. The molecule has 0 bridgehead atoms. The van der Waals surface area contributed by atoms with Gasteiger partial charge in [-0.1, -0.05) is 6.07 Å². The molecule has 0 aromatic carbocycles. The first-order chi connectivity index (χ1) is 11.9. The average Bonchev–Trinajstić information content (AvgIpc) is 3.09. The van der Waals surface area contributed by atoms with E-state index < -0.39 is 0 Å². The fourth-order valence-corrected chi connectivity index (χ4v) is 3.50. The molecule has 142 valence electrons. The Morgan fingerprint density at radius 2 is 1.92 bits per heavy atom. The van der Waals surface area contributed by atoms with Gasteiger partial charge in [0.15, 0.2) is 5.96 Å². The third kappa shape index (κ3) is 6.66. The van der Waals surface area contributed by atoms with Crippen LogP contribution in [0.25, 0.3) is 0 Å². The third-order valence-electron chi connectivity index (χ3n) is 4.09. The van der Waals surface area contributed by atoms with E-state index in [1.807, 2.05) is 37.6 Å². The van der Waals surface area contributed by atoms with Crippen LogP contribution < -0.4 is 5.32 Å². The predicted molar refractivity (Wildman–Crippen MR) is 107 cm³/mol. The van der Waals surface area contributed by atoms with E-state index >= 15 is 0 Å². The number of amides is 1. The molecule has 0 fully saturated rings. The lowest BCUT2D eigenvalue weighted by Crippen LogP contribution is -2.46. The minimum atomic E-state index is 0.125. The van der Waals surface area contributed by atoms with E-state index in [-0.39, 0.29) is 11.9 Å². The number of rotatable bonds is 9. The van der Waals surface area contributed by atoms with Gasteiger partial charge in [0.1, 0.15) is 0 Å². The van der Waals surface area contributed by atoms with Gasteiger partial charge in [-0.15, -0.1) is 11.3 Å². The molecular formula is C18H33N5OS. The first-order valence-corrected chi connectivity index (χ1v) is 9.79. The molecule has 1 rings (SSSR count). The summed E-state index contributed by atoms with van der Waals surface area (Å²) in [6, 6.07) is 4.45. The minimum absolute atomic E-state index is 0.125. The largest absolute Gasteiger partial charge is 0.357 e. The monoisotopic (exact) mass is 367 g/mol. The molecule has 0 aliphatic rings. The minimum Gasteiger partial charge on any atom is -0.357 e. The van der Waals surface area contributed by atoms with Gasteiger partial charge >= 0.3 is 0 Å². The molecule has 1 amide bonds. The molecule has 1 atom stereocenters. The molecule has 0 saturated carbocycles. The molecule has 0 saturated heterocycles. The Kier molecular flexibility index (Phi) is 9.52. The Morgan fingerprint density at radius 1 is 1.24 bits per heavy atom. The third-order valence-corrected chi connectivity index (χ3v) is 5.07. The number of hydrogen-bond donors (Lipinski definition) is 1. The second kappa shape index (κ2) is 11.1. The van der Waals surface area contributed by atoms with Crippen LogP contribution in [0.15, 0.2) is 22.5 Å². The highest BCUT2D eigenvalue weighted by atomic mass is 32.1. The summed E-state index contributed by atoms with van der Waals surface area (Å²) in [4.78, 5) is 24.4. The summed E-state index contributed by atoms with van der Waals surface area (Å²) < 4.78 is 0. The van der Waals surface area contributed by atoms with Crippen molar-refractivity contribution in [1.29, 1.82) is 0 Å². The number of aliphatic imine (C=N–C) groups is 1. The standard InChI is InChI=1S/C18H33N5OS/c1-7-19-18(22(6)14-17(24)23(8-2)9-3)20-13-15(21(4)5)16-11-10-12-25-16/h10-12,15H,7-9,13-14H2,1-6H3,(H,19,20). The number of likely N-dealkylation sites (N-methyl/N-ethyl adjacent to an activating group) is 3. The number of nitrogens with zero attached hydrogens (tertiary/aromatic N) is 4. The molecule has 0 radical (unpaired) electrons. The highest BCUT2D eigenvalue weighted by Gasteiger charge is 2.18. The smallest absolute Gasteiger partial charge is 0.242 e. The van der Waals surface area contributed by atoms with E-state index in [1.54, 1.807) is 11.3 Å². The zero-order chi connectivity index (χ0) is 18.8. The lowest BCUT2D eigenvalue weighted by molar-refractivity contribution is -0.131. The average molecular weight is 368 g/mol. The normalized spacial score (nSPS) is 13.0. The van der Waals surface area contributed by atoms with Crippen molar-refractivity contribution < 1.29 is 4.79 Å². The Labute approximate surface area is 156 Å². The highest BCUT2D eigenvalue weighted by Crippen LogP contribution is 2.23. The summed E-state index contributed by atoms with van der Waals surface area (Å²) >= 11 is 1.75. The van der Waals surface area contributed by atoms with E-state index in [2.05, 4.69) is 41.8 Å². The fraction of sp³-hybridized carbons (Fsp3) is 0.667. The highest BCUT2D eigenvalue weighted by molar-refractivity contribution is 7.10. The van der Waals surface area contributed by atoms with E-state index in [0.717, 1.165) is 25.6 Å². The molecule has 0 spiro atoms. The van der Waals surface area contributed by atoms with Crippen molar-refractivity contribution in [2.75, 3.05) is 53.9 Å². The van der Waals surface area contributed by atoms with Gasteiger partial charge in [0.2, 0.25) is 5.91 Å². The first kappa shape index (κ1) is 21.4. The van der Waals surface area contributed by atoms with Crippen molar-refractivity contribution in [3.05, 3.63) is 22.4 Å². The summed E-state index contributed by atoms with van der Waals surface area (Å²) in [5.41, 5.74) is 0. The summed E-state index contributed by atoms with van der Waals surface area (Å²) in [5, 5.41) is 5.39. The van der Waals surface area contributed by atoms with E-state index in [1.165, 1.54) is 4.88 Å². The van der Waals surface area contributed by atoms with Crippen molar-refractivity contribution in [1.82, 2.24) is 20.0 Å². The lowest BCUT2D eigenvalue weighted by atomic mass is 10.2. The van der Waals surface area contributed by atoms with E-state index in [9.17, 15) is 4.79 Å². The zero-order valence-electron chi connectivity index (χ0n) is 16.5. The Bertz CT molecular complexity index is 526. The van der Waals surface area contributed by atoms with Gasteiger partial charge in [-0.3, -0.25) is 9.79 Å². The molecule has 0 aliphatic heterocycles. The van der Waals surface area contributed by atoms with Crippen molar-refractivity contribution in [2.45, 2.75) is 26.8 Å². The first-order valence-electron chi connectivity index (χ1n) is 8.91. The van der Waals surface area contributed by atoms with Crippen LogP contribution in [-0.4, -0.2) is 80.4 Å². The molecular weight excluding hydrogens is 334 g/mol. The van der Waals surface area contributed by atoms with Crippen molar-refractivity contribution in [3.63, 3.8) is 0 Å². The van der Waals surface area contributed by atoms with Crippen molar-refractivity contribution in [3.8, 4) is 0 Å². The number of nitrogens with one attached hydrogen (secondary N) is 1. The predicted octanol–water partition coefficient (Wildman–Crippen LogP) is 2.12. The second-order valence-electron chi connectivity index (χ2n) is 6.11. The maximum atomic E-state index is 12.4. The quantitative estimate of drug-likeness (QED) is 0.537. The molecule has 25 heavy (non-hydrogen) atoms. The molecule has 1 heterocycles. The molecule has 1 aromatic heterocycles. The maximum absolute atomic E-state index is 12.4. The van der Waals surface area contributed by atoms with E-state index in [0.29, 0.717) is 13.1 Å². The van der Waals surface area contributed by atoms with Gasteiger partial charge in [0.25, 0.3) is 0 Å². The SMILES string of the molecule is CCNC(=NCC(c1cccs1)N(C)C)N(C)CC(=O)N(CC)CC. The van der Waals surface area contributed by atoms with Gasteiger partial charge in [-0.25, -0.2) is 0 Å². The summed E-state index contributed by atoms with van der Waals surface area (Å²) in [7, 11) is 6.06.